The van der Waals surface area contributed by atoms with Crippen LogP contribution in [0.4, 0.5) is 11.9 Å². The minimum Gasteiger partial charge on any atom is -0.454 e. The van der Waals surface area contributed by atoms with E-state index >= 15 is 0 Å². The number of esters is 1. The van der Waals surface area contributed by atoms with Gasteiger partial charge >= 0.3 is 5.97 Å². The Hall–Kier alpha value is -3.56. The summed E-state index contributed by atoms with van der Waals surface area (Å²) < 4.78 is 6.95. The second-order valence-electron chi connectivity index (χ2n) is 5.67. The van der Waals surface area contributed by atoms with E-state index in [2.05, 4.69) is 25.0 Å². The van der Waals surface area contributed by atoms with Gasteiger partial charge in [-0.05, 0) is 17.7 Å². The third-order valence-electron chi connectivity index (χ3n) is 3.42. The lowest BCUT2D eigenvalue weighted by Gasteiger charge is -2.11. The Labute approximate surface area is 149 Å². The van der Waals surface area contributed by atoms with Crippen LogP contribution < -0.4 is 10.6 Å². The second-order valence-corrected chi connectivity index (χ2v) is 5.67. The van der Waals surface area contributed by atoms with Gasteiger partial charge < -0.3 is 15.4 Å². The van der Waals surface area contributed by atoms with Crippen molar-refractivity contribution in [1.29, 1.82) is 0 Å². The van der Waals surface area contributed by atoms with Gasteiger partial charge in [0.2, 0.25) is 11.9 Å². The van der Waals surface area contributed by atoms with Gasteiger partial charge in [-0.3, -0.25) is 0 Å². The first-order chi connectivity index (χ1) is 12.5. The normalized spacial score (nSPS) is 10.5. The molecule has 26 heavy (non-hydrogen) atoms. The molecule has 0 unspecified atom stereocenters. The molecule has 2 N–H and O–H groups in total. The summed E-state index contributed by atoms with van der Waals surface area (Å²) in [5.74, 6) is 0.299. The Balaban J connectivity index is 1.61. The average molecular weight is 354 g/mol. The van der Waals surface area contributed by atoms with Crippen molar-refractivity contribution < 1.29 is 9.53 Å². The highest BCUT2D eigenvalue weighted by Gasteiger charge is 2.11. The van der Waals surface area contributed by atoms with Crippen molar-refractivity contribution in [3.05, 3.63) is 53.9 Å². The first kappa shape index (κ1) is 17.3. The quantitative estimate of drug-likeness (QED) is 0.630. The number of aromatic nitrogens is 6. The zero-order valence-electron chi connectivity index (χ0n) is 14.4. The van der Waals surface area contributed by atoms with E-state index in [1.54, 1.807) is 42.1 Å². The maximum Gasteiger partial charge on any atom is 0.338 e. The van der Waals surface area contributed by atoms with Crippen LogP contribution in [0.5, 0.6) is 0 Å². The summed E-state index contributed by atoms with van der Waals surface area (Å²) in [6, 6.07) is 7.07. The lowest BCUT2D eigenvalue weighted by Crippen LogP contribution is -2.17. The van der Waals surface area contributed by atoms with E-state index in [-0.39, 0.29) is 18.4 Å². The van der Waals surface area contributed by atoms with Crippen molar-refractivity contribution >= 4 is 17.9 Å². The zero-order valence-corrected chi connectivity index (χ0v) is 14.4. The van der Waals surface area contributed by atoms with Crippen LogP contribution in [0, 0.1) is 0 Å². The third-order valence-corrected chi connectivity index (χ3v) is 3.42. The highest BCUT2D eigenvalue weighted by molar-refractivity contribution is 5.89. The first-order valence-corrected chi connectivity index (χ1v) is 7.77. The first-order valence-electron chi connectivity index (χ1n) is 7.77. The summed E-state index contributed by atoms with van der Waals surface area (Å²) in [7, 11) is 3.57. The monoisotopic (exact) mass is 354 g/mol. The van der Waals surface area contributed by atoms with Crippen LogP contribution in [0.3, 0.4) is 0 Å². The van der Waals surface area contributed by atoms with Gasteiger partial charge in [0.15, 0.2) is 12.4 Å². The fraction of sp³-hybridized carbons (Fsp3) is 0.250. The van der Waals surface area contributed by atoms with E-state index in [0.29, 0.717) is 18.1 Å². The fourth-order valence-corrected chi connectivity index (χ4v) is 2.15. The topological polar surface area (TPSA) is 125 Å². The third kappa shape index (κ3) is 4.29. The Bertz CT molecular complexity index is 878. The number of rotatable bonds is 6. The highest BCUT2D eigenvalue weighted by atomic mass is 16.5. The predicted octanol–water partition coefficient (Wildman–Crippen LogP) is 0.517. The molecule has 0 aliphatic rings. The number of nitrogen functional groups attached to an aromatic ring is 1. The molecular weight excluding hydrogens is 336 g/mol. The van der Waals surface area contributed by atoms with Crippen molar-refractivity contribution in [1.82, 2.24) is 29.7 Å². The van der Waals surface area contributed by atoms with Crippen molar-refractivity contribution in [2.75, 3.05) is 24.7 Å². The number of ether oxygens (including phenoxy) is 1. The van der Waals surface area contributed by atoms with Crippen LogP contribution >= 0.6 is 0 Å². The minimum absolute atomic E-state index is 0.0761. The van der Waals surface area contributed by atoms with Crippen LogP contribution in [0.1, 0.15) is 21.7 Å². The van der Waals surface area contributed by atoms with Gasteiger partial charge in [-0.1, -0.05) is 12.1 Å². The number of nitrogens with zero attached hydrogens (tertiary/aromatic N) is 7. The summed E-state index contributed by atoms with van der Waals surface area (Å²) in [4.78, 5) is 29.9. The number of carbonyl (C=O) groups excluding carboxylic acids is 1. The zero-order chi connectivity index (χ0) is 18.5. The lowest BCUT2D eigenvalue weighted by atomic mass is 10.1. The molecule has 0 spiro atoms. The molecule has 10 heteroatoms. The molecule has 1 aromatic carbocycles. The number of nitrogens with two attached hydrogens (primary N) is 1. The van der Waals surface area contributed by atoms with Crippen LogP contribution in [-0.4, -0.2) is 49.8 Å². The SMILES string of the molecule is CN(C)c1nc(N)nc(COC(=O)c2ccc(Cn3cncn3)cc2)n1. The number of benzene rings is 1. The molecule has 3 rings (SSSR count). The lowest BCUT2D eigenvalue weighted by molar-refractivity contribution is 0.0462. The molecule has 0 radical (unpaired) electrons. The molecule has 10 nitrogen and oxygen atoms in total. The average Bonchev–Trinajstić information content (AvgIpc) is 3.13. The van der Waals surface area contributed by atoms with E-state index < -0.39 is 5.97 Å². The van der Waals surface area contributed by atoms with Crippen LogP contribution in [0.15, 0.2) is 36.9 Å². The molecule has 3 aromatic rings. The van der Waals surface area contributed by atoms with E-state index in [1.165, 1.54) is 6.33 Å². The Morgan fingerprint density at radius 2 is 1.96 bits per heavy atom. The Morgan fingerprint density at radius 1 is 1.19 bits per heavy atom. The molecule has 0 bridgehead atoms. The van der Waals surface area contributed by atoms with Gasteiger partial charge in [-0.15, -0.1) is 0 Å². The summed E-state index contributed by atoms with van der Waals surface area (Å²) in [6.45, 7) is 0.486. The second kappa shape index (κ2) is 7.55. The molecule has 0 atom stereocenters. The van der Waals surface area contributed by atoms with E-state index in [1.807, 2.05) is 12.1 Å². The Kier molecular flexibility index (Phi) is 5.02. The van der Waals surface area contributed by atoms with Crippen molar-refractivity contribution in [3.8, 4) is 0 Å². The smallest absolute Gasteiger partial charge is 0.338 e. The summed E-state index contributed by atoms with van der Waals surface area (Å²) >= 11 is 0. The molecule has 0 saturated heterocycles. The maximum atomic E-state index is 12.2. The number of anilines is 2. The standard InChI is InChI=1S/C16H18N8O2/c1-23(2)16-21-13(20-15(17)22-16)8-26-14(25)12-5-3-11(4-6-12)7-24-10-18-9-19-24/h3-6,9-10H,7-8H2,1-2H3,(H2,17,20,21,22). The number of hydrogen-bond donors (Lipinski definition) is 1. The maximum absolute atomic E-state index is 12.2. The van der Waals surface area contributed by atoms with Crippen molar-refractivity contribution in [3.63, 3.8) is 0 Å². The predicted molar refractivity (Wildman–Crippen MR) is 93.3 cm³/mol. The van der Waals surface area contributed by atoms with Gasteiger partial charge in [0.25, 0.3) is 0 Å². The Morgan fingerprint density at radius 3 is 2.62 bits per heavy atom. The minimum atomic E-state index is -0.470. The van der Waals surface area contributed by atoms with Gasteiger partial charge in [0.05, 0.1) is 12.1 Å². The molecule has 2 heterocycles. The highest BCUT2D eigenvalue weighted by Crippen LogP contribution is 2.10. The molecule has 0 aliphatic carbocycles. The van der Waals surface area contributed by atoms with E-state index in [0.717, 1.165) is 5.56 Å². The van der Waals surface area contributed by atoms with Crippen LogP contribution in [0.25, 0.3) is 0 Å². The van der Waals surface area contributed by atoms with E-state index in [9.17, 15) is 4.79 Å². The van der Waals surface area contributed by atoms with Gasteiger partial charge in [-0.25, -0.2) is 14.5 Å². The molecule has 134 valence electrons. The molecular formula is C16H18N8O2. The van der Waals surface area contributed by atoms with Gasteiger partial charge in [0.1, 0.15) is 12.7 Å². The number of carbonyl (C=O) groups is 1. The largest absolute Gasteiger partial charge is 0.454 e. The van der Waals surface area contributed by atoms with Crippen LogP contribution in [-0.2, 0) is 17.9 Å². The van der Waals surface area contributed by atoms with Gasteiger partial charge in [-0.2, -0.15) is 20.1 Å². The molecule has 2 aromatic heterocycles. The van der Waals surface area contributed by atoms with Gasteiger partial charge in [0, 0.05) is 14.1 Å². The summed E-state index contributed by atoms with van der Waals surface area (Å²) in [6.07, 6.45) is 3.10. The molecule has 0 amide bonds. The fourth-order valence-electron chi connectivity index (χ4n) is 2.15. The van der Waals surface area contributed by atoms with Crippen molar-refractivity contribution in [2.24, 2.45) is 0 Å². The number of hydrogen-bond acceptors (Lipinski definition) is 9. The molecule has 0 saturated carbocycles. The summed E-state index contributed by atoms with van der Waals surface area (Å²) in [5, 5.41) is 4.04. The molecule has 0 fully saturated rings. The van der Waals surface area contributed by atoms with Crippen molar-refractivity contribution in [2.45, 2.75) is 13.2 Å². The summed E-state index contributed by atoms with van der Waals surface area (Å²) in [5.41, 5.74) is 7.07. The van der Waals surface area contributed by atoms with E-state index in [4.69, 9.17) is 10.5 Å². The molecule has 0 aliphatic heterocycles. The van der Waals surface area contributed by atoms with Crippen LogP contribution in [0.2, 0.25) is 0 Å².